The van der Waals surface area contributed by atoms with Gasteiger partial charge in [0.15, 0.2) is 0 Å². The molecule has 0 amide bonds. The molecular formula is C13H20N2. The molecule has 2 heteroatoms. The monoisotopic (exact) mass is 204 g/mol. The van der Waals surface area contributed by atoms with Crippen LogP contribution in [-0.4, -0.2) is 24.0 Å². The maximum atomic E-state index is 5.72. The summed E-state index contributed by atoms with van der Waals surface area (Å²) in [6, 6.07) is 11.4. The molecule has 2 N–H and O–H groups in total. The van der Waals surface area contributed by atoms with Crippen LogP contribution in [0.1, 0.15) is 18.9 Å². The zero-order chi connectivity index (χ0) is 10.7. The molecule has 0 aliphatic carbocycles. The van der Waals surface area contributed by atoms with E-state index in [4.69, 9.17) is 5.73 Å². The van der Waals surface area contributed by atoms with Crippen molar-refractivity contribution in [3.63, 3.8) is 0 Å². The lowest BCUT2D eigenvalue weighted by Gasteiger charge is -2.20. The van der Waals surface area contributed by atoms with Gasteiger partial charge in [0.25, 0.3) is 0 Å². The molecule has 1 heterocycles. The normalized spacial score (nSPS) is 27.1. The van der Waals surface area contributed by atoms with E-state index < -0.39 is 0 Å². The Labute approximate surface area is 92.1 Å². The number of likely N-dealkylation sites (tertiary alicyclic amines) is 1. The second-order valence-electron chi connectivity index (χ2n) is 4.60. The maximum Gasteiger partial charge on any atom is 0.0236 e. The highest BCUT2D eigenvalue weighted by Crippen LogP contribution is 2.23. The fourth-order valence-electron chi connectivity index (χ4n) is 2.43. The Bertz CT molecular complexity index is 297. The second-order valence-corrected chi connectivity index (χ2v) is 4.60. The van der Waals surface area contributed by atoms with Crippen molar-refractivity contribution in [1.29, 1.82) is 0 Å². The number of hydrogen-bond donors (Lipinski definition) is 1. The predicted octanol–water partition coefficient (Wildman–Crippen LogP) is 1.86. The molecule has 2 nitrogen and oxygen atoms in total. The van der Waals surface area contributed by atoms with E-state index in [0.717, 1.165) is 19.6 Å². The van der Waals surface area contributed by atoms with Gasteiger partial charge in [-0.15, -0.1) is 0 Å². The van der Waals surface area contributed by atoms with Gasteiger partial charge >= 0.3 is 0 Å². The van der Waals surface area contributed by atoms with Crippen LogP contribution in [0.4, 0.5) is 0 Å². The Morgan fingerprint density at radius 1 is 1.33 bits per heavy atom. The molecule has 2 rings (SSSR count). The van der Waals surface area contributed by atoms with Crippen LogP contribution in [0.2, 0.25) is 0 Å². The number of rotatable bonds is 3. The summed E-state index contributed by atoms with van der Waals surface area (Å²) in [5.41, 5.74) is 7.13. The topological polar surface area (TPSA) is 29.3 Å². The summed E-state index contributed by atoms with van der Waals surface area (Å²) in [6.45, 7) is 5.36. The van der Waals surface area contributed by atoms with Crippen LogP contribution in [0.15, 0.2) is 30.3 Å². The fraction of sp³-hybridized carbons (Fsp3) is 0.538. The molecule has 1 aliphatic rings. The summed E-state index contributed by atoms with van der Waals surface area (Å²) < 4.78 is 0. The summed E-state index contributed by atoms with van der Waals surface area (Å²) >= 11 is 0. The number of hydrogen-bond acceptors (Lipinski definition) is 2. The molecule has 0 bridgehead atoms. The predicted molar refractivity (Wildman–Crippen MR) is 63.5 cm³/mol. The third-order valence-corrected chi connectivity index (χ3v) is 3.35. The molecule has 0 radical (unpaired) electrons. The minimum atomic E-state index is 0.679. The molecule has 1 aromatic carbocycles. The van der Waals surface area contributed by atoms with E-state index in [-0.39, 0.29) is 0 Å². The Kier molecular flexibility index (Phi) is 3.39. The van der Waals surface area contributed by atoms with E-state index in [1.165, 1.54) is 12.0 Å². The SMILES string of the molecule is CC1C[C@@H](CN)CN1Cc1ccccc1. The number of benzene rings is 1. The highest BCUT2D eigenvalue weighted by Gasteiger charge is 2.27. The molecule has 1 saturated heterocycles. The number of nitrogens with zero attached hydrogens (tertiary/aromatic N) is 1. The summed E-state index contributed by atoms with van der Waals surface area (Å²) in [7, 11) is 0. The van der Waals surface area contributed by atoms with Crippen LogP contribution in [0.5, 0.6) is 0 Å². The molecule has 0 aromatic heterocycles. The average Bonchev–Trinajstić information content (AvgIpc) is 2.61. The van der Waals surface area contributed by atoms with Crippen LogP contribution < -0.4 is 5.73 Å². The first-order valence-corrected chi connectivity index (χ1v) is 5.77. The van der Waals surface area contributed by atoms with Gasteiger partial charge in [-0.3, -0.25) is 4.90 Å². The molecule has 0 saturated carbocycles. The molecule has 2 atom stereocenters. The molecule has 82 valence electrons. The smallest absolute Gasteiger partial charge is 0.0236 e. The van der Waals surface area contributed by atoms with Gasteiger partial charge < -0.3 is 5.73 Å². The minimum Gasteiger partial charge on any atom is -0.330 e. The lowest BCUT2D eigenvalue weighted by Crippen LogP contribution is -2.27. The Balaban J connectivity index is 1.96. The van der Waals surface area contributed by atoms with Crippen LogP contribution in [0, 0.1) is 5.92 Å². The molecule has 1 fully saturated rings. The van der Waals surface area contributed by atoms with Gasteiger partial charge in [0, 0.05) is 19.1 Å². The van der Waals surface area contributed by atoms with Gasteiger partial charge in [-0.1, -0.05) is 30.3 Å². The summed E-state index contributed by atoms with van der Waals surface area (Å²) in [5.74, 6) is 0.698. The van der Waals surface area contributed by atoms with Crippen molar-refractivity contribution in [2.24, 2.45) is 11.7 Å². The van der Waals surface area contributed by atoms with Crippen molar-refractivity contribution in [1.82, 2.24) is 4.90 Å². The van der Waals surface area contributed by atoms with E-state index in [1.807, 2.05) is 0 Å². The molecule has 1 aliphatic heterocycles. The third kappa shape index (κ3) is 2.58. The molecule has 0 spiro atoms. The minimum absolute atomic E-state index is 0.679. The van der Waals surface area contributed by atoms with Gasteiger partial charge in [-0.05, 0) is 31.4 Å². The van der Waals surface area contributed by atoms with E-state index in [2.05, 4.69) is 42.2 Å². The standard InChI is InChI=1S/C13H20N2/c1-11-7-13(8-14)10-15(11)9-12-5-3-2-4-6-12/h2-6,11,13H,7-10,14H2,1H3/t11?,13-/m0/s1. The quantitative estimate of drug-likeness (QED) is 0.814. The third-order valence-electron chi connectivity index (χ3n) is 3.35. The second kappa shape index (κ2) is 4.77. The van der Waals surface area contributed by atoms with Crippen molar-refractivity contribution >= 4 is 0 Å². The zero-order valence-electron chi connectivity index (χ0n) is 9.39. The van der Waals surface area contributed by atoms with E-state index in [0.29, 0.717) is 12.0 Å². The van der Waals surface area contributed by atoms with Crippen molar-refractivity contribution in [2.75, 3.05) is 13.1 Å². The van der Waals surface area contributed by atoms with Crippen molar-refractivity contribution in [3.8, 4) is 0 Å². The average molecular weight is 204 g/mol. The zero-order valence-corrected chi connectivity index (χ0v) is 9.39. The van der Waals surface area contributed by atoms with Crippen LogP contribution in [0.3, 0.4) is 0 Å². The van der Waals surface area contributed by atoms with Crippen LogP contribution in [-0.2, 0) is 6.54 Å². The first kappa shape index (κ1) is 10.7. The summed E-state index contributed by atoms with van der Waals surface area (Å²) in [4.78, 5) is 2.53. The van der Waals surface area contributed by atoms with Crippen molar-refractivity contribution < 1.29 is 0 Å². The van der Waals surface area contributed by atoms with Crippen LogP contribution in [0.25, 0.3) is 0 Å². The fourth-order valence-corrected chi connectivity index (χ4v) is 2.43. The lowest BCUT2D eigenvalue weighted by molar-refractivity contribution is 0.256. The first-order valence-electron chi connectivity index (χ1n) is 5.77. The van der Waals surface area contributed by atoms with Gasteiger partial charge in [-0.25, -0.2) is 0 Å². The van der Waals surface area contributed by atoms with Crippen LogP contribution >= 0.6 is 0 Å². The van der Waals surface area contributed by atoms with Crippen molar-refractivity contribution in [2.45, 2.75) is 25.9 Å². The Morgan fingerprint density at radius 2 is 2.07 bits per heavy atom. The first-order chi connectivity index (χ1) is 7.29. The number of nitrogens with two attached hydrogens (primary N) is 1. The molecular weight excluding hydrogens is 184 g/mol. The van der Waals surface area contributed by atoms with E-state index >= 15 is 0 Å². The van der Waals surface area contributed by atoms with Gasteiger partial charge in [0.05, 0.1) is 0 Å². The molecule has 1 aromatic rings. The van der Waals surface area contributed by atoms with Gasteiger partial charge in [0.1, 0.15) is 0 Å². The van der Waals surface area contributed by atoms with E-state index in [1.54, 1.807) is 0 Å². The molecule has 15 heavy (non-hydrogen) atoms. The van der Waals surface area contributed by atoms with Gasteiger partial charge in [0.2, 0.25) is 0 Å². The van der Waals surface area contributed by atoms with Crippen molar-refractivity contribution in [3.05, 3.63) is 35.9 Å². The largest absolute Gasteiger partial charge is 0.330 e. The summed E-state index contributed by atoms with van der Waals surface area (Å²) in [6.07, 6.45) is 1.25. The summed E-state index contributed by atoms with van der Waals surface area (Å²) in [5, 5.41) is 0. The Hall–Kier alpha value is -0.860. The highest BCUT2D eigenvalue weighted by molar-refractivity contribution is 5.14. The maximum absolute atomic E-state index is 5.72. The Morgan fingerprint density at radius 3 is 2.67 bits per heavy atom. The van der Waals surface area contributed by atoms with Gasteiger partial charge in [-0.2, -0.15) is 0 Å². The highest BCUT2D eigenvalue weighted by atomic mass is 15.2. The molecule has 1 unspecified atom stereocenters. The van der Waals surface area contributed by atoms with E-state index in [9.17, 15) is 0 Å². The lowest BCUT2D eigenvalue weighted by atomic mass is 10.1.